The fourth-order valence-corrected chi connectivity index (χ4v) is 4.10. The van der Waals surface area contributed by atoms with Crippen molar-refractivity contribution in [3.63, 3.8) is 0 Å². The minimum absolute atomic E-state index is 0.0303. The van der Waals surface area contributed by atoms with E-state index in [2.05, 4.69) is 22.0 Å². The van der Waals surface area contributed by atoms with Crippen molar-refractivity contribution >= 4 is 11.6 Å². The maximum absolute atomic E-state index is 13.1. The second kappa shape index (κ2) is 8.65. The van der Waals surface area contributed by atoms with Crippen LogP contribution < -0.4 is 10.2 Å². The van der Waals surface area contributed by atoms with E-state index in [1.54, 1.807) is 0 Å². The van der Waals surface area contributed by atoms with Crippen LogP contribution in [0.4, 0.5) is 10.1 Å². The molecule has 3 rings (SSSR count). The lowest BCUT2D eigenvalue weighted by Gasteiger charge is -2.40. The summed E-state index contributed by atoms with van der Waals surface area (Å²) in [5.41, 5.74) is 1.06. The van der Waals surface area contributed by atoms with Crippen molar-refractivity contribution in [1.82, 2.24) is 10.2 Å². The molecular formula is C20H30FN3O. The van der Waals surface area contributed by atoms with Gasteiger partial charge >= 0.3 is 0 Å². The number of hydrogen-bond donors (Lipinski definition) is 1. The molecule has 1 aliphatic heterocycles. The lowest BCUT2D eigenvalue weighted by Crippen LogP contribution is -2.56. The molecule has 1 aromatic carbocycles. The molecule has 0 aromatic heterocycles. The van der Waals surface area contributed by atoms with Gasteiger partial charge in [-0.25, -0.2) is 4.39 Å². The molecule has 5 heteroatoms. The average Bonchev–Trinajstić information content (AvgIpc) is 2.64. The Morgan fingerprint density at radius 3 is 2.36 bits per heavy atom. The number of nitrogens with one attached hydrogen (secondary N) is 1. The Morgan fingerprint density at radius 1 is 1.12 bits per heavy atom. The van der Waals surface area contributed by atoms with Gasteiger partial charge in [0.05, 0.1) is 6.04 Å². The van der Waals surface area contributed by atoms with E-state index < -0.39 is 0 Å². The standard InChI is InChI=1S/C20H30FN3O/c1-2-19(20(25)22-17-6-4-3-5-7-17)24-14-12-23(13-15-24)18-10-8-16(21)9-11-18/h8-11,17,19H,2-7,12-15H2,1H3,(H,22,25). The zero-order chi connectivity index (χ0) is 17.6. The number of nitrogens with zero attached hydrogens (tertiary/aromatic N) is 2. The van der Waals surface area contributed by atoms with Crippen LogP contribution in [0.2, 0.25) is 0 Å². The first kappa shape index (κ1) is 18.2. The summed E-state index contributed by atoms with van der Waals surface area (Å²) in [7, 11) is 0. The molecule has 0 spiro atoms. The average molecular weight is 347 g/mol. The van der Waals surface area contributed by atoms with E-state index in [9.17, 15) is 9.18 Å². The SMILES string of the molecule is CCC(C(=O)NC1CCCCC1)N1CCN(c2ccc(F)cc2)CC1. The van der Waals surface area contributed by atoms with Crippen LogP contribution in [0.15, 0.2) is 24.3 Å². The number of halogens is 1. The molecule has 0 radical (unpaired) electrons. The smallest absolute Gasteiger partial charge is 0.237 e. The zero-order valence-electron chi connectivity index (χ0n) is 15.2. The molecule has 1 amide bonds. The summed E-state index contributed by atoms with van der Waals surface area (Å²) in [6, 6.07) is 7.02. The molecule has 4 nitrogen and oxygen atoms in total. The summed E-state index contributed by atoms with van der Waals surface area (Å²) >= 11 is 0. The molecule has 0 bridgehead atoms. The molecule has 2 aliphatic rings. The van der Waals surface area contributed by atoms with Crippen LogP contribution in [-0.2, 0) is 4.79 Å². The number of carbonyl (C=O) groups excluding carboxylic acids is 1. The van der Waals surface area contributed by atoms with Crippen LogP contribution in [0.5, 0.6) is 0 Å². The van der Waals surface area contributed by atoms with Gasteiger partial charge in [-0.1, -0.05) is 26.2 Å². The van der Waals surface area contributed by atoms with Crippen LogP contribution in [0.3, 0.4) is 0 Å². The summed E-state index contributed by atoms with van der Waals surface area (Å²) in [6.45, 7) is 5.58. The number of anilines is 1. The maximum atomic E-state index is 13.1. The summed E-state index contributed by atoms with van der Waals surface area (Å²) < 4.78 is 13.1. The van der Waals surface area contributed by atoms with Crippen molar-refractivity contribution in [2.45, 2.75) is 57.5 Å². The molecule has 1 atom stereocenters. The lowest BCUT2D eigenvalue weighted by molar-refractivity contribution is -0.127. The summed E-state index contributed by atoms with van der Waals surface area (Å²) in [5.74, 6) is -0.00236. The number of benzene rings is 1. The maximum Gasteiger partial charge on any atom is 0.237 e. The summed E-state index contributed by atoms with van der Waals surface area (Å²) in [6.07, 6.45) is 6.86. The quantitative estimate of drug-likeness (QED) is 0.889. The Hall–Kier alpha value is -1.62. The second-order valence-electron chi connectivity index (χ2n) is 7.27. The minimum atomic E-state index is -0.201. The summed E-state index contributed by atoms with van der Waals surface area (Å²) in [4.78, 5) is 17.3. The van der Waals surface area contributed by atoms with Crippen molar-refractivity contribution in [2.24, 2.45) is 0 Å². The fourth-order valence-electron chi connectivity index (χ4n) is 4.10. The highest BCUT2D eigenvalue weighted by molar-refractivity contribution is 5.82. The van der Waals surface area contributed by atoms with Gasteiger partial charge in [0.1, 0.15) is 5.82 Å². The topological polar surface area (TPSA) is 35.6 Å². The molecule has 1 saturated carbocycles. The first-order valence-electron chi connectivity index (χ1n) is 9.72. The van der Waals surface area contributed by atoms with E-state index in [1.165, 1.54) is 31.4 Å². The Kier molecular flexibility index (Phi) is 6.29. The van der Waals surface area contributed by atoms with E-state index in [1.807, 2.05) is 12.1 Å². The number of piperazine rings is 1. The molecule has 1 heterocycles. The third-order valence-corrected chi connectivity index (χ3v) is 5.59. The van der Waals surface area contributed by atoms with Gasteiger partial charge in [0.2, 0.25) is 5.91 Å². The third kappa shape index (κ3) is 4.72. The van der Waals surface area contributed by atoms with Crippen molar-refractivity contribution in [3.05, 3.63) is 30.1 Å². The molecule has 1 unspecified atom stereocenters. The minimum Gasteiger partial charge on any atom is -0.369 e. The van der Waals surface area contributed by atoms with Crippen LogP contribution in [0.1, 0.15) is 45.4 Å². The Bertz CT molecular complexity index is 549. The van der Waals surface area contributed by atoms with Crippen molar-refractivity contribution in [3.8, 4) is 0 Å². The number of amides is 1. The largest absolute Gasteiger partial charge is 0.369 e. The molecule has 138 valence electrons. The van der Waals surface area contributed by atoms with Crippen molar-refractivity contribution in [2.75, 3.05) is 31.1 Å². The zero-order valence-corrected chi connectivity index (χ0v) is 15.2. The van der Waals surface area contributed by atoms with Gasteiger partial charge in [-0.3, -0.25) is 9.69 Å². The van der Waals surface area contributed by atoms with E-state index in [0.29, 0.717) is 6.04 Å². The molecule has 25 heavy (non-hydrogen) atoms. The van der Waals surface area contributed by atoms with Gasteiger partial charge in [-0.15, -0.1) is 0 Å². The van der Waals surface area contributed by atoms with Crippen LogP contribution >= 0.6 is 0 Å². The first-order valence-corrected chi connectivity index (χ1v) is 9.72. The van der Waals surface area contributed by atoms with E-state index in [0.717, 1.165) is 51.1 Å². The van der Waals surface area contributed by atoms with E-state index in [4.69, 9.17) is 0 Å². The molecule has 1 aliphatic carbocycles. The predicted molar refractivity (Wildman–Crippen MR) is 99.3 cm³/mol. The van der Waals surface area contributed by atoms with Gasteiger partial charge in [0, 0.05) is 37.9 Å². The predicted octanol–water partition coefficient (Wildman–Crippen LogP) is 3.18. The van der Waals surface area contributed by atoms with Crippen LogP contribution in [0, 0.1) is 5.82 Å². The Labute approximate surface area is 150 Å². The highest BCUT2D eigenvalue weighted by Gasteiger charge is 2.29. The van der Waals surface area contributed by atoms with E-state index >= 15 is 0 Å². The molecule has 1 aromatic rings. The van der Waals surface area contributed by atoms with Crippen LogP contribution in [-0.4, -0.2) is 49.1 Å². The van der Waals surface area contributed by atoms with Crippen molar-refractivity contribution in [1.29, 1.82) is 0 Å². The van der Waals surface area contributed by atoms with Gasteiger partial charge < -0.3 is 10.2 Å². The normalized spacial score (nSPS) is 21.1. The Balaban J connectivity index is 1.52. The monoisotopic (exact) mass is 347 g/mol. The van der Waals surface area contributed by atoms with Crippen LogP contribution in [0.25, 0.3) is 0 Å². The Morgan fingerprint density at radius 2 is 1.76 bits per heavy atom. The number of hydrogen-bond acceptors (Lipinski definition) is 3. The van der Waals surface area contributed by atoms with Gasteiger partial charge in [-0.05, 0) is 43.5 Å². The molecule has 2 fully saturated rings. The highest BCUT2D eigenvalue weighted by Crippen LogP contribution is 2.20. The third-order valence-electron chi connectivity index (χ3n) is 5.59. The fraction of sp³-hybridized carbons (Fsp3) is 0.650. The lowest BCUT2D eigenvalue weighted by atomic mass is 9.95. The highest BCUT2D eigenvalue weighted by atomic mass is 19.1. The molecule has 1 N–H and O–H groups in total. The van der Waals surface area contributed by atoms with Crippen molar-refractivity contribution < 1.29 is 9.18 Å². The number of rotatable bonds is 5. The van der Waals surface area contributed by atoms with Gasteiger partial charge in [0.25, 0.3) is 0 Å². The second-order valence-corrected chi connectivity index (χ2v) is 7.27. The molecule has 1 saturated heterocycles. The van der Waals surface area contributed by atoms with E-state index in [-0.39, 0.29) is 17.8 Å². The summed E-state index contributed by atoms with van der Waals surface area (Å²) in [5, 5.41) is 3.28. The molecular weight excluding hydrogens is 317 g/mol. The van der Waals surface area contributed by atoms with Gasteiger partial charge in [-0.2, -0.15) is 0 Å². The first-order chi connectivity index (χ1) is 12.2. The number of carbonyl (C=O) groups is 1. The van der Waals surface area contributed by atoms with Gasteiger partial charge in [0.15, 0.2) is 0 Å².